The molecule has 122 valence electrons. The summed E-state index contributed by atoms with van der Waals surface area (Å²) in [5.74, 6) is 4.62. The van der Waals surface area contributed by atoms with Gasteiger partial charge in [-0.15, -0.1) is 0 Å². The van der Waals surface area contributed by atoms with Crippen LogP contribution in [0.1, 0.15) is 48.9 Å². The van der Waals surface area contributed by atoms with Crippen molar-refractivity contribution in [1.29, 1.82) is 0 Å². The van der Waals surface area contributed by atoms with E-state index in [1.54, 1.807) is 0 Å². The molecule has 5 nitrogen and oxygen atoms in total. The quantitative estimate of drug-likeness (QED) is 0.918. The molecule has 5 heteroatoms. The van der Waals surface area contributed by atoms with Crippen molar-refractivity contribution in [3.63, 3.8) is 0 Å². The zero-order valence-corrected chi connectivity index (χ0v) is 13.7. The molecule has 23 heavy (non-hydrogen) atoms. The lowest BCUT2D eigenvalue weighted by Gasteiger charge is -2.32. The first-order chi connectivity index (χ1) is 11.3. The Morgan fingerprint density at radius 3 is 2.96 bits per heavy atom. The number of nitrogens with one attached hydrogen (secondary N) is 1. The first-order valence-corrected chi connectivity index (χ1v) is 8.63. The minimum absolute atomic E-state index is 0.446. The number of piperidine rings is 1. The molecule has 0 aromatic carbocycles. The third-order valence-corrected chi connectivity index (χ3v) is 4.65. The van der Waals surface area contributed by atoms with Crippen LogP contribution >= 0.6 is 0 Å². The standard InChI is InChI=1S/C18H24N4O/c1-13-4-7-16(23-13)12-22-10-2-3-15(11-22)20-17-8-9-19-18(21-17)14-5-6-14/h4,7-9,14-15H,2-3,5-6,10-12H2,1H3,(H,19,20,21). The normalized spacial score (nSPS) is 22.2. The lowest BCUT2D eigenvalue weighted by atomic mass is 10.1. The first-order valence-electron chi connectivity index (χ1n) is 8.63. The predicted octanol–water partition coefficient (Wildman–Crippen LogP) is 3.33. The molecule has 1 aliphatic heterocycles. The van der Waals surface area contributed by atoms with Crippen molar-refractivity contribution >= 4 is 5.82 Å². The van der Waals surface area contributed by atoms with Gasteiger partial charge < -0.3 is 9.73 Å². The lowest BCUT2D eigenvalue weighted by Crippen LogP contribution is -2.41. The van der Waals surface area contributed by atoms with Gasteiger partial charge in [0.05, 0.1) is 6.54 Å². The molecule has 3 heterocycles. The molecule has 0 amide bonds. The van der Waals surface area contributed by atoms with Crippen molar-refractivity contribution in [3.8, 4) is 0 Å². The molecule has 2 aliphatic rings. The molecule has 0 spiro atoms. The average Bonchev–Trinajstić information content (AvgIpc) is 3.32. The Hall–Kier alpha value is -1.88. The van der Waals surface area contributed by atoms with Gasteiger partial charge in [-0.3, -0.25) is 4.90 Å². The molecule has 1 aliphatic carbocycles. The maximum atomic E-state index is 5.71. The molecule has 1 atom stereocenters. The fraction of sp³-hybridized carbons (Fsp3) is 0.556. The highest BCUT2D eigenvalue weighted by Crippen LogP contribution is 2.38. The van der Waals surface area contributed by atoms with E-state index in [0.717, 1.165) is 42.8 Å². The second-order valence-corrected chi connectivity index (χ2v) is 6.81. The van der Waals surface area contributed by atoms with Crippen LogP contribution in [-0.2, 0) is 6.54 Å². The van der Waals surface area contributed by atoms with Crippen molar-refractivity contribution in [2.24, 2.45) is 0 Å². The first kappa shape index (κ1) is 14.7. The number of hydrogen-bond acceptors (Lipinski definition) is 5. The van der Waals surface area contributed by atoms with Gasteiger partial charge in [-0.05, 0) is 57.4 Å². The van der Waals surface area contributed by atoms with Crippen molar-refractivity contribution < 1.29 is 4.42 Å². The molecular weight excluding hydrogens is 288 g/mol. The van der Waals surface area contributed by atoms with Gasteiger partial charge >= 0.3 is 0 Å². The Balaban J connectivity index is 1.36. The van der Waals surface area contributed by atoms with E-state index in [-0.39, 0.29) is 0 Å². The second kappa shape index (κ2) is 6.32. The highest BCUT2D eigenvalue weighted by Gasteiger charge is 2.27. The van der Waals surface area contributed by atoms with Gasteiger partial charge in [0.1, 0.15) is 23.2 Å². The molecule has 2 aromatic heterocycles. The molecular formula is C18H24N4O. The van der Waals surface area contributed by atoms with E-state index in [1.807, 2.05) is 25.3 Å². The molecule has 4 rings (SSSR count). The number of aromatic nitrogens is 2. The van der Waals surface area contributed by atoms with Gasteiger partial charge in [-0.1, -0.05) is 0 Å². The number of hydrogen-bond donors (Lipinski definition) is 1. The minimum atomic E-state index is 0.446. The second-order valence-electron chi connectivity index (χ2n) is 6.81. The van der Waals surface area contributed by atoms with Crippen molar-refractivity contribution in [1.82, 2.24) is 14.9 Å². The van der Waals surface area contributed by atoms with Gasteiger partial charge in [-0.2, -0.15) is 0 Å². The molecule has 1 unspecified atom stereocenters. The Labute approximate surface area is 137 Å². The SMILES string of the molecule is Cc1ccc(CN2CCCC(Nc3ccnc(C4CC4)n3)C2)o1. The van der Waals surface area contributed by atoms with Crippen LogP contribution in [-0.4, -0.2) is 34.0 Å². The monoisotopic (exact) mass is 312 g/mol. The number of aryl methyl sites for hydroxylation is 1. The fourth-order valence-corrected chi connectivity index (χ4v) is 3.31. The van der Waals surface area contributed by atoms with Gasteiger partial charge in [0.2, 0.25) is 0 Å². The third kappa shape index (κ3) is 3.72. The number of rotatable bonds is 5. The molecule has 2 aromatic rings. The summed E-state index contributed by atoms with van der Waals surface area (Å²) in [6.07, 6.45) is 6.76. The van der Waals surface area contributed by atoms with Crippen LogP contribution in [0, 0.1) is 6.92 Å². The smallest absolute Gasteiger partial charge is 0.133 e. The number of likely N-dealkylation sites (tertiary alicyclic amines) is 1. The summed E-state index contributed by atoms with van der Waals surface area (Å²) in [5, 5.41) is 3.60. The molecule has 1 saturated heterocycles. The van der Waals surface area contributed by atoms with Crippen LogP contribution in [0.5, 0.6) is 0 Å². The largest absolute Gasteiger partial charge is 0.465 e. The number of anilines is 1. The fourth-order valence-electron chi connectivity index (χ4n) is 3.31. The van der Waals surface area contributed by atoms with Gasteiger partial charge in [0.15, 0.2) is 0 Å². The van der Waals surface area contributed by atoms with E-state index in [1.165, 1.54) is 25.7 Å². The zero-order chi connectivity index (χ0) is 15.6. The van der Waals surface area contributed by atoms with Gasteiger partial charge in [0.25, 0.3) is 0 Å². The summed E-state index contributed by atoms with van der Waals surface area (Å²) >= 11 is 0. The maximum absolute atomic E-state index is 5.71. The number of nitrogens with zero attached hydrogens (tertiary/aromatic N) is 3. The predicted molar refractivity (Wildman–Crippen MR) is 89.4 cm³/mol. The van der Waals surface area contributed by atoms with E-state index >= 15 is 0 Å². The van der Waals surface area contributed by atoms with Crippen LogP contribution in [0.15, 0.2) is 28.8 Å². The lowest BCUT2D eigenvalue weighted by molar-refractivity contribution is 0.193. The zero-order valence-electron chi connectivity index (χ0n) is 13.7. The molecule has 2 fully saturated rings. The summed E-state index contributed by atoms with van der Waals surface area (Å²) in [6.45, 7) is 5.05. The van der Waals surface area contributed by atoms with Crippen LogP contribution < -0.4 is 5.32 Å². The molecule has 0 radical (unpaired) electrons. The highest BCUT2D eigenvalue weighted by atomic mass is 16.3. The minimum Gasteiger partial charge on any atom is -0.465 e. The topological polar surface area (TPSA) is 54.2 Å². The van der Waals surface area contributed by atoms with Crippen LogP contribution in [0.4, 0.5) is 5.82 Å². The Morgan fingerprint density at radius 1 is 1.26 bits per heavy atom. The Bertz CT molecular complexity index is 665. The van der Waals surface area contributed by atoms with E-state index in [4.69, 9.17) is 4.42 Å². The van der Waals surface area contributed by atoms with Crippen molar-refractivity contribution in [2.75, 3.05) is 18.4 Å². The van der Waals surface area contributed by atoms with Gasteiger partial charge in [0, 0.05) is 24.7 Å². The third-order valence-electron chi connectivity index (χ3n) is 4.65. The summed E-state index contributed by atoms with van der Waals surface area (Å²) in [6, 6.07) is 6.55. The van der Waals surface area contributed by atoms with Gasteiger partial charge in [-0.25, -0.2) is 9.97 Å². The van der Waals surface area contributed by atoms with E-state index in [9.17, 15) is 0 Å². The molecule has 0 bridgehead atoms. The molecule has 1 N–H and O–H groups in total. The summed E-state index contributed by atoms with van der Waals surface area (Å²) in [7, 11) is 0. The van der Waals surface area contributed by atoms with Crippen LogP contribution in [0.2, 0.25) is 0 Å². The summed E-state index contributed by atoms with van der Waals surface area (Å²) in [5.41, 5.74) is 0. The van der Waals surface area contributed by atoms with Crippen molar-refractivity contribution in [3.05, 3.63) is 41.7 Å². The summed E-state index contributed by atoms with van der Waals surface area (Å²) in [4.78, 5) is 11.5. The van der Waals surface area contributed by atoms with Crippen LogP contribution in [0.3, 0.4) is 0 Å². The van der Waals surface area contributed by atoms with E-state index < -0.39 is 0 Å². The average molecular weight is 312 g/mol. The summed E-state index contributed by atoms with van der Waals surface area (Å²) < 4.78 is 5.71. The van der Waals surface area contributed by atoms with Crippen molar-refractivity contribution in [2.45, 2.75) is 51.1 Å². The van der Waals surface area contributed by atoms with E-state index in [2.05, 4.69) is 26.3 Å². The Morgan fingerprint density at radius 2 is 2.17 bits per heavy atom. The van der Waals surface area contributed by atoms with E-state index in [0.29, 0.717) is 12.0 Å². The Kier molecular flexibility index (Phi) is 4.04. The highest BCUT2D eigenvalue weighted by molar-refractivity contribution is 5.35. The number of furan rings is 1. The van der Waals surface area contributed by atoms with Crippen LogP contribution in [0.25, 0.3) is 0 Å². The maximum Gasteiger partial charge on any atom is 0.133 e. The molecule has 1 saturated carbocycles.